The third kappa shape index (κ3) is 3.13. The smallest absolute Gasteiger partial charge is 0.246 e. The van der Waals surface area contributed by atoms with E-state index in [1.165, 1.54) is 11.4 Å². The number of hydrogen-bond donors (Lipinski definition) is 1. The van der Waals surface area contributed by atoms with Crippen molar-refractivity contribution in [2.45, 2.75) is 31.2 Å². The van der Waals surface area contributed by atoms with Crippen molar-refractivity contribution in [3.8, 4) is 5.75 Å². The standard InChI is InChI=1S/C14H22N2O3S/c1-3-15-11-12-6-7-14(13(10-12)19-2)20(17,18)16-8-4-5-9-16/h6-7,10,15H,3-5,8-9,11H2,1-2H3. The first kappa shape index (κ1) is 15.3. The van der Waals surface area contributed by atoms with Gasteiger partial charge in [0.25, 0.3) is 0 Å². The van der Waals surface area contributed by atoms with Crippen LogP contribution >= 0.6 is 0 Å². The molecule has 0 spiro atoms. The Balaban J connectivity index is 2.31. The molecule has 0 radical (unpaired) electrons. The second-order valence-electron chi connectivity index (χ2n) is 4.88. The predicted octanol–water partition coefficient (Wildman–Crippen LogP) is 1.59. The fourth-order valence-electron chi connectivity index (χ4n) is 2.37. The van der Waals surface area contributed by atoms with Crippen LogP contribution in [0.5, 0.6) is 5.75 Å². The molecule has 1 saturated heterocycles. The number of rotatable bonds is 6. The lowest BCUT2D eigenvalue weighted by Gasteiger charge is -2.18. The molecule has 0 atom stereocenters. The van der Waals surface area contributed by atoms with Crippen LogP contribution in [0.4, 0.5) is 0 Å². The number of hydrogen-bond acceptors (Lipinski definition) is 4. The largest absolute Gasteiger partial charge is 0.495 e. The van der Waals surface area contributed by atoms with E-state index in [-0.39, 0.29) is 4.90 Å². The van der Waals surface area contributed by atoms with Crippen molar-refractivity contribution in [3.63, 3.8) is 0 Å². The third-order valence-corrected chi connectivity index (χ3v) is 5.43. The Labute approximate surface area is 121 Å². The average molecular weight is 298 g/mol. The van der Waals surface area contributed by atoms with Crippen LogP contribution in [0, 0.1) is 0 Å². The van der Waals surface area contributed by atoms with Crippen LogP contribution < -0.4 is 10.1 Å². The Morgan fingerprint density at radius 1 is 1.30 bits per heavy atom. The van der Waals surface area contributed by atoms with E-state index >= 15 is 0 Å². The van der Waals surface area contributed by atoms with Gasteiger partial charge >= 0.3 is 0 Å². The number of methoxy groups -OCH3 is 1. The number of nitrogens with zero attached hydrogens (tertiary/aromatic N) is 1. The minimum atomic E-state index is -3.43. The Morgan fingerprint density at radius 3 is 2.60 bits per heavy atom. The Morgan fingerprint density at radius 2 is 2.00 bits per heavy atom. The van der Waals surface area contributed by atoms with Gasteiger partial charge in [-0.15, -0.1) is 0 Å². The number of nitrogens with one attached hydrogen (secondary N) is 1. The summed E-state index contributed by atoms with van der Waals surface area (Å²) < 4.78 is 32.0. The van der Waals surface area contributed by atoms with E-state index in [4.69, 9.17) is 4.74 Å². The van der Waals surface area contributed by atoms with E-state index in [0.717, 1.165) is 24.9 Å². The number of ether oxygens (including phenoxy) is 1. The Kier molecular flexibility index (Phi) is 5.01. The molecule has 2 rings (SSSR count). The zero-order valence-corrected chi connectivity index (χ0v) is 12.9. The highest BCUT2D eigenvalue weighted by molar-refractivity contribution is 7.89. The molecule has 0 aliphatic carbocycles. The molecule has 0 saturated carbocycles. The maximum atomic E-state index is 12.6. The van der Waals surface area contributed by atoms with Gasteiger partial charge in [-0.1, -0.05) is 13.0 Å². The quantitative estimate of drug-likeness (QED) is 0.866. The highest BCUT2D eigenvalue weighted by atomic mass is 32.2. The van der Waals surface area contributed by atoms with Gasteiger partial charge in [0.05, 0.1) is 7.11 Å². The summed E-state index contributed by atoms with van der Waals surface area (Å²) in [6.45, 7) is 4.81. The summed E-state index contributed by atoms with van der Waals surface area (Å²) in [5, 5.41) is 3.21. The molecule has 5 nitrogen and oxygen atoms in total. The van der Waals surface area contributed by atoms with Crippen LogP contribution in [0.25, 0.3) is 0 Å². The minimum Gasteiger partial charge on any atom is -0.495 e. The van der Waals surface area contributed by atoms with Gasteiger partial charge in [0.15, 0.2) is 0 Å². The molecule has 0 bridgehead atoms. The van der Waals surface area contributed by atoms with Gasteiger partial charge in [0, 0.05) is 19.6 Å². The fourth-order valence-corrected chi connectivity index (χ4v) is 4.03. The van der Waals surface area contributed by atoms with Crippen LogP contribution in [-0.2, 0) is 16.6 Å². The summed E-state index contributed by atoms with van der Waals surface area (Å²) in [7, 11) is -1.92. The molecule has 0 amide bonds. The van der Waals surface area contributed by atoms with E-state index in [1.54, 1.807) is 12.1 Å². The van der Waals surface area contributed by atoms with Gasteiger partial charge in [0.1, 0.15) is 10.6 Å². The lowest BCUT2D eigenvalue weighted by atomic mass is 10.2. The highest BCUT2D eigenvalue weighted by Gasteiger charge is 2.29. The zero-order valence-electron chi connectivity index (χ0n) is 12.1. The Hall–Kier alpha value is -1.11. The topological polar surface area (TPSA) is 58.6 Å². The number of benzene rings is 1. The molecule has 1 aromatic rings. The maximum absolute atomic E-state index is 12.6. The Bertz CT molecular complexity index is 552. The van der Waals surface area contributed by atoms with E-state index in [0.29, 0.717) is 25.4 Å². The van der Waals surface area contributed by atoms with E-state index in [9.17, 15) is 8.42 Å². The molecular formula is C14H22N2O3S. The van der Waals surface area contributed by atoms with Crippen LogP contribution in [0.1, 0.15) is 25.3 Å². The third-order valence-electron chi connectivity index (χ3n) is 3.49. The second-order valence-corrected chi connectivity index (χ2v) is 6.78. The lowest BCUT2D eigenvalue weighted by molar-refractivity contribution is 0.397. The average Bonchev–Trinajstić information content (AvgIpc) is 2.99. The maximum Gasteiger partial charge on any atom is 0.246 e. The van der Waals surface area contributed by atoms with Crippen molar-refractivity contribution < 1.29 is 13.2 Å². The van der Waals surface area contributed by atoms with Gasteiger partial charge in [-0.25, -0.2) is 8.42 Å². The number of sulfonamides is 1. The summed E-state index contributed by atoms with van der Waals surface area (Å²) in [6, 6.07) is 5.29. The molecule has 1 N–H and O–H groups in total. The van der Waals surface area contributed by atoms with Crippen molar-refractivity contribution >= 4 is 10.0 Å². The molecule has 0 aromatic heterocycles. The van der Waals surface area contributed by atoms with Crippen molar-refractivity contribution in [1.29, 1.82) is 0 Å². The van der Waals surface area contributed by atoms with Gasteiger partial charge in [-0.2, -0.15) is 4.31 Å². The van der Waals surface area contributed by atoms with Crippen LogP contribution in [0.3, 0.4) is 0 Å². The minimum absolute atomic E-state index is 0.266. The fraction of sp³-hybridized carbons (Fsp3) is 0.571. The van der Waals surface area contributed by atoms with Gasteiger partial charge < -0.3 is 10.1 Å². The molecular weight excluding hydrogens is 276 g/mol. The summed E-state index contributed by atoms with van der Waals surface area (Å²) in [5.41, 5.74) is 1.02. The zero-order chi connectivity index (χ0) is 14.6. The molecule has 1 aromatic carbocycles. The molecule has 112 valence electrons. The van der Waals surface area contributed by atoms with Gasteiger partial charge in [0.2, 0.25) is 10.0 Å². The van der Waals surface area contributed by atoms with Crippen molar-refractivity contribution in [1.82, 2.24) is 9.62 Å². The van der Waals surface area contributed by atoms with Gasteiger partial charge in [-0.05, 0) is 37.1 Å². The monoisotopic (exact) mass is 298 g/mol. The normalized spacial score (nSPS) is 16.5. The molecule has 1 fully saturated rings. The van der Waals surface area contributed by atoms with Crippen molar-refractivity contribution in [2.75, 3.05) is 26.7 Å². The molecule has 6 heteroatoms. The van der Waals surface area contributed by atoms with Crippen LogP contribution in [0.2, 0.25) is 0 Å². The van der Waals surface area contributed by atoms with Crippen LogP contribution in [-0.4, -0.2) is 39.5 Å². The summed E-state index contributed by atoms with van der Waals surface area (Å²) >= 11 is 0. The SMILES string of the molecule is CCNCc1ccc(S(=O)(=O)N2CCCC2)c(OC)c1. The first-order chi connectivity index (χ1) is 9.59. The summed E-state index contributed by atoms with van der Waals surface area (Å²) in [5.74, 6) is 0.423. The molecule has 1 heterocycles. The molecule has 1 aliphatic rings. The first-order valence-electron chi connectivity index (χ1n) is 6.97. The van der Waals surface area contributed by atoms with Gasteiger partial charge in [-0.3, -0.25) is 0 Å². The van der Waals surface area contributed by atoms with E-state index in [2.05, 4.69) is 5.32 Å². The predicted molar refractivity (Wildman–Crippen MR) is 78.4 cm³/mol. The van der Waals surface area contributed by atoms with E-state index < -0.39 is 10.0 Å². The molecule has 0 unspecified atom stereocenters. The first-order valence-corrected chi connectivity index (χ1v) is 8.41. The second kappa shape index (κ2) is 6.56. The van der Waals surface area contributed by atoms with E-state index in [1.807, 2.05) is 13.0 Å². The molecule has 20 heavy (non-hydrogen) atoms. The van der Waals surface area contributed by atoms with Crippen molar-refractivity contribution in [3.05, 3.63) is 23.8 Å². The highest BCUT2D eigenvalue weighted by Crippen LogP contribution is 2.29. The van der Waals surface area contributed by atoms with Crippen LogP contribution in [0.15, 0.2) is 23.1 Å². The van der Waals surface area contributed by atoms with Crippen molar-refractivity contribution in [2.24, 2.45) is 0 Å². The summed E-state index contributed by atoms with van der Waals surface area (Å²) in [4.78, 5) is 0.266. The summed E-state index contributed by atoms with van der Waals surface area (Å²) in [6.07, 6.45) is 1.86. The molecule has 1 aliphatic heterocycles. The lowest BCUT2D eigenvalue weighted by Crippen LogP contribution is -2.28.